The molecule has 5 nitrogen and oxygen atoms in total. The molecule has 1 unspecified atom stereocenters. The molecule has 0 bridgehead atoms. The number of amides is 2. The number of phenolic OH excluding ortho intramolecular Hbond substituents is 1. The van der Waals surface area contributed by atoms with E-state index >= 15 is 0 Å². The molecule has 0 aliphatic rings. The van der Waals surface area contributed by atoms with Gasteiger partial charge in [-0.05, 0) is 18.6 Å². The second-order valence-corrected chi connectivity index (χ2v) is 4.75. The largest absolute Gasteiger partial charge is 0.507 e. The number of hydrogen-bond acceptors (Lipinski definition) is 3. The van der Waals surface area contributed by atoms with Crippen molar-refractivity contribution in [2.45, 2.75) is 26.7 Å². The van der Waals surface area contributed by atoms with Crippen LogP contribution in [-0.2, 0) is 4.79 Å². The lowest BCUT2D eigenvalue weighted by atomic mass is 10.1. The Kier molecular flexibility index (Phi) is 6.56. The zero-order chi connectivity index (χ0) is 15.0. The molecule has 3 N–H and O–H groups in total. The van der Waals surface area contributed by atoms with Crippen molar-refractivity contribution < 1.29 is 14.7 Å². The number of hydrogen-bond donors (Lipinski definition) is 3. The van der Waals surface area contributed by atoms with E-state index in [0.29, 0.717) is 13.1 Å². The van der Waals surface area contributed by atoms with Crippen LogP contribution in [0.15, 0.2) is 24.3 Å². The summed E-state index contributed by atoms with van der Waals surface area (Å²) in [5.74, 6) is -0.401. The Balaban J connectivity index is 2.30. The van der Waals surface area contributed by atoms with Gasteiger partial charge in [-0.3, -0.25) is 9.59 Å². The summed E-state index contributed by atoms with van der Waals surface area (Å²) in [5, 5.41) is 15.0. The molecule has 0 fully saturated rings. The highest BCUT2D eigenvalue weighted by atomic mass is 16.3. The fraction of sp³-hybridized carbons (Fsp3) is 0.467. The first-order chi connectivity index (χ1) is 9.56. The Morgan fingerprint density at radius 1 is 1.20 bits per heavy atom. The number of nitrogens with one attached hydrogen (secondary N) is 2. The van der Waals surface area contributed by atoms with Crippen LogP contribution in [0.2, 0.25) is 0 Å². The van der Waals surface area contributed by atoms with E-state index in [2.05, 4.69) is 10.6 Å². The minimum Gasteiger partial charge on any atom is -0.507 e. The zero-order valence-electron chi connectivity index (χ0n) is 12.0. The lowest BCUT2D eigenvalue weighted by Gasteiger charge is -2.11. The van der Waals surface area contributed by atoms with Gasteiger partial charge in [0, 0.05) is 19.0 Å². The molecule has 1 aromatic rings. The molecule has 0 radical (unpaired) electrons. The average molecular weight is 278 g/mol. The van der Waals surface area contributed by atoms with Crippen molar-refractivity contribution in [1.82, 2.24) is 10.6 Å². The maximum atomic E-state index is 11.8. The molecule has 1 rings (SSSR count). The maximum absolute atomic E-state index is 11.8. The van der Waals surface area contributed by atoms with Gasteiger partial charge in [-0.1, -0.05) is 32.4 Å². The average Bonchev–Trinajstić information content (AvgIpc) is 2.43. The standard InChI is InChI=1S/C15H22N2O3/c1-3-6-11(2)14(19)16-9-10-17-15(20)12-7-4-5-8-13(12)18/h4-5,7-8,11,18H,3,6,9-10H2,1-2H3,(H,16,19)(H,17,20). The second kappa shape index (κ2) is 8.19. The summed E-state index contributed by atoms with van der Waals surface area (Å²) in [6.07, 6.45) is 1.83. The van der Waals surface area contributed by atoms with Crippen LogP contribution in [0.1, 0.15) is 37.0 Å². The van der Waals surface area contributed by atoms with E-state index in [0.717, 1.165) is 12.8 Å². The number of rotatable bonds is 7. The minimum atomic E-state index is -0.348. The van der Waals surface area contributed by atoms with Gasteiger partial charge >= 0.3 is 0 Å². The van der Waals surface area contributed by atoms with E-state index in [1.54, 1.807) is 18.2 Å². The van der Waals surface area contributed by atoms with Gasteiger partial charge in [-0.15, -0.1) is 0 Å². The van der Waals surface area contributed by atoms with Gasteiger partial charge in [-0.2, -0.15) is 0 Å². The Hall–Kier alpha value is -2.04. The quantitative estimate of drug-likeness (QED) is 0.664. The molecule has 2 amide bonds. The van der Waals surface area contributed by atoms with E-state index in [-0.39, 0.29) is 29.0 Å². The number of benzene rings is 1. The zero-order valence-corrected chi connectivity index (χ0v) is 12.0. The minimum absolute atomic E-state index is 0.00339. The topological polar surface area (TPSA) is 78.4 Å². The summed E-state index contributed by atoms with van der Waals surface area (Å²) < 4.78 is 0. The third kappa shape index (κ3) is 4.91. The SMILES string of the molecule is CCCC(C)C(=O)NCCNC(=O)c1ccccc1O. The van der Waals surface area contributed by atoms with Crippen molar-refractivity contribution in [2.24, 2.45) is 5.92 Å². The summed E-state index contributed by atoms with van der Waals surface area (Å²) in [4.78, 5) is 23.4. The van der Waals surface area contributed by atoms with Crippen molar-refractivity contribution >= 4 is 11.8 Å². The molecular formula is C15H22N2O3. The molecule has 0 saturated carbocycles. The van der Waals surface area contributed by atoms with Crippen LogP contribution in [0.5, 0.6) is 5.75 Å². The monoisotopic (exact) mass is 278 g/mol. The normalized spacial score (nSPS) is 11.7. The molecule has 5 heteroatoms. The molecule has 110 valence electrons. The predicted molar refractivity (Wildman–Crippen MR) is 77.5 cm³/mol. The first kappa shape index (κ1) is 16.0. The van der Waals surface area contributed by atoms with Crippen LogP contribution in [-0.4, -0.2) is 30.0 Å². The third-order valence-electron chi connectivity index (χ3n) is 3.03. The van der Waals surface area contributed by atoms with Crippen LogP contribution in [0.4, 0.5) is 0 Å². The van der Waals surface area contributed by atoms with Crippen molar-refractivity contribution in [1.29, 1.82) is 0 Å². The summed E-state index contributed by atoms with van der Waals surface area (Å²) in [5.41, 5.74) is 0.234. The Labute approximate surface area is 119 Å². The van der Waals surface area contributed by atoms with Gasteiger partial charge in [0.1, 0.15) is 5.75 Å². The fourth-order valence-electron chi connectivity index (χ4n) is 1.86. The number of para-hydroxylation sites is 1. The maximum Gasteiger partial charge on any atom is 0.255 e. The number of carbonyl (C=O) groups excluding carboxylic acids is 2. The van der Waals surface area contributed by atoms with E-state index < -0.39 is 0 Å². The molecule has 0 aliphatic heterocycles. The Morgan fingerprint density at radius 2 is 1.85 bits per heavy atom. The first-order valence-electron chi connectivity index (χ1n) is 6.90. The van der Waals surface area contributed by atoms with Gasteiger partial charge in [-0.25, -0.2) is 0 Å². The molecule has 0 heterocycles. The van der Waals surface area contributed by atoms with Crippen LogP contribution < -0.4 is 10.6 Å². The molecule has 0 aromatic heterocycles. The smallest absolute Gasteiger partial charge is 0.255 e. The fourth-order valence-corrected chi connectivity index (χ4v) is 1.86. The van der Waals surface area contributed by atoms with E-state index in [1.165, 1.54) is 6.07 Å². The highest BCUT2D eigenvalue weighted by Gasteiger charge is 2.12. The van der Waals surface area contributed by atoms with Crippen molar-refractivity contribution in [3.8, 4) is 5.75 Å². The van der Waals surface area contributed by atoms with E-state index in [1.807, 2.05) is 13.8 Å². The van der Waals surface area contributed by atoms with Crippen molar-refractivity contribution in [3.63, 3.8) is 0 Å². The number of aromatic hydroxyl groups is 1. The first-order valence-corrected chi connectivity index (χ1v) is 6.90. The molecule has 0 aliphatic carbocycles. The predicted octanol–water partition coefficient (Wildman–Crippen LogP) is 1.67. The molecule has 0 spiro atoms. The third-order valence-corrected chi connectivity index (χ3v) is 3.03. The van der Waals surface area contributed by atoms with Crippen LogP contribution in [0, 0.1) is 5.92 Å². The molecular weight excluding hydrogens is 256 g/mol. The summed E-state index contributed by atoms with van der Waals surface area (Å²) in [6, 6.07) is 6.35. The summed E-state index contributed by atoms with van der Waals surface area (Å²) in [7, 11) is 0. The Bertz CT molecular complexity index is 460. The second-order valence-electron chi connectivity index (χ2n) is 4.75. The summed E-state index contributed by atoms with van der Waals surface area (Å²) >= 11 is 0. The lowest BCUT2D eigenvalue weighted by Crippen LogP contribution is -2.37. The van der Waals surface area contributed by atoms with Gasteiger partial charge < -0.3 is 15.7 Å². The Morgan fingerprint density at radius 3 is 2.50 bits per heavy atom. The van der Waals surface area contributed by atoms with Crippen molar-refractivity contribution in [3.05, 3.63) is 29.8 Å². The number of carbonyl (C=O) groups is 2. The molecule has 1 atom stereocenters. The van der Waals surface area contributed by atoms with Gasteiger partial charge in [0.2, 0.25) is 5.91 Å². The van der Waals surface area contributed by atoms with Crippen molar-refractivity contribution in [2.75, 3.05) is 13.1 Å². The molecule has 0 saturated heterocycles. The van der Waals surface area contributed by atoms with Gasteiger partial charge in [0.05, 0.1) is 5.56 Å². The highest BCUT2D eigenvalue weighted by Crippen LogP contribution is 2.14. The molecule has 1 aromatic carbocycles. The summed E-state index contributed by atoms with van der Waals surface area (Å²) in [6.45, 7) is 4.64. The highest BCUT2D eigenvalue weighted by molar-refractivity contribution is 5.96. The van der Waals surface area contributed by atoms with Gasteiger partial charge in [0.15, 0.2) is 0 Å². The lowest BCUT2D eigenvalue weighted by molar-refractivity contribution is -0.124. The van der Waals surface area contributed by atoms with E-state index in [4.69, 9.17) is 0 Å². The molecule has 20 heavy (non-hydrogen) atoms. The van der Waals surface area contributed by atoms with E-state index in [9.17, 15) is 14.7 Å². The number of phenols is 1. The van der Waals surface area contributed by atoms with Crippen LogP contribution in [0.25, 0.3) is 0 Å². The van der Waals surface area contributed by atoms with Crippen LogP contribution >= 0.6 is 0 Å². The van der Waals surface area contributed by atoms with Gasteiger partial charge in [0.25, 0.3) is 5.91 Å². The van der Waals surface area contributed by atoms with Crippen LogP contribution in [0.3, 0.4) is 0 Å².